The molecule has 4 aliphatic rings. The van der Waals surface area contributed by atoms with E-state index in [1.54, 1.807) is 0 Å². The average Bonchev–Trinajstić information content (AvgIpc) is 3.53. The highest BCUT2D eigenvalue weighted by molar-refractivity contribution is 7.97. The average molecular weight is 835 g/mol. The minimum Gasteiger partial charge on any atom is -0.741 e. The molecule has 3 N–H and O–H groups in total. The maximum Gasteiger partial charge on any atom is 0.485 e. The van der Waals surface area contributed by atoms with Crippen molar-refractivity contribution in [3.8, 4) is 0 Å². The highest BCUT2D eigenvalue weighted by atomic mass is 32.2. The van der Waals surface area contributed by atoms with Gasteiger partial charge in [0.25, 0.3) is 0 Å². The molecule has 12 heteroatoms. The van der Waals surface area contributed by atoms with E-state index >= 15 is 0 Å². The van der Waals surface area contributed by atoms with Crippen molar-refractivity contribution in [3.05, 3.63) is 91.0 Å². The Bertz CT molecular complexity index is 1690. The van der Waals surface area contributed by atoms with Gasteiger partial charge in [0.15, 0.2) is 24.8 Å². The molecule has 57 heavy (non-hydrogen) atoms. The monoisotopic (exact) mass is 834 g/mol. The van der Waals surface area contributed by atoms with Crippen LogP contribution in [-0.4, -0.2) is 58.4 Å². The standard InChI is InChI=1S/C24H42O3.C18H15S.C2H4O.CHF3O3S/c1-5-6-14(2)17-7-8-18-22-19(13-21(27)24(17,18)4)23(3)10-9-16(25)11-15(23)12-20(22)26;1-4-10-16(11-5-1)19(17-12-6-2-7-13-17)18-14-8-3-9-15-18;1-2-3;2-1(3,4)8(5,6)7/h14-22,25-27H,5-13H2,1-4H3;1-15H;2H,1H3;(H,5,6,7)/q;+1;;/p-1. The quantitative estimate of drug-likeness (QED) is 0.0975. The van der Waals surface area contributed by atoms with Crippen LogP contribution in [0.5, 0.6) is 0 Å². The van der Waals surface area contributed by atoms with Gasteiger partial charge in [0.1, 0.15) is 6.29 Å². The van der Waals surface area contributed by atoms with Crippen LogP contribution in [0.15, 0.2) is 106 Å². The second-order valence-electron chi connectivity index (χ2n) is 16.7. The SMILES string of the molecule is CC=O.CCCC(C)C1CCC2C3C(O)CC4CC(O)CCC4(C)C3CC(O)C12C.O=S(=O)([O-])C(F)(F)F.c1ccc([S+](c2ccccc2)c2ccccc2)cc1. The van der Waals surface area contributed by atoms with Crippen LogP contribution in [0.1, 0.15) is 92.4 Å². The van der Waals surface area contributed by atoms with Gasteiger partial charge in [-0.05, 0) is 135 Å². The molecule has 11 atom stereocenters. The fraction of sp³-hybridized carbons (Fsp3) is 0.578. The van der Waals surface area contributed by atoms with E-state index in [-0.39, 0.29) is 40.0 Å². The van der Waals surface area contributed by atoms with E-state index in [1.807, 2.05) is 0 Å². The van der Waals surface area contributed by atoms with Crippen molar-refractivity contribution in [3.63, 3.8) is 0 Å². The molecule has 4 saturated carbocycles. The van der Waals surface area contributed by atoms with Crippen molar-refractivity contribution in [2.24, 2.45) is 46.3 Å². The molecule has 0 aromatic heterocycles. The van der Waals surface area contributed by atoms with Crippen molar-refractivity contribution in [1.29, 1.82) is 0 Å². The Labute approximate surface area is 340 Å². The van der Waals surface area contributed by atoms with E-state index < -0.39 is 15.6 Å². The first-order valence-electron chi connectivity index (χ1n) is 20.2. The fourth-order valence-corrected chi connectivity index (χ4v) is 13.0. The highest BCUT2D eigenvalue weighted by Crippen LogP contribution is 2.68. The molecule has 7 rings (SSSR count). The third-order valence-corrected chi connectivity index (χ3v) is 16.3. The van der Waals surface area contributed by atoms with Gasteiger partial charge in [-0.3, -0.25) is 0 Å². The van der Waals surface area contributed by atoms with Gasteiger partial charge in [-0.25, -0.2) is 8.42 Å². The van der Waals surface area contributed by atoms with Crippen LogP contribution >= 0.6 is 0 Å². The lowest BCUT2D eigenvalue weighted by atomic mass is 9.43. The van der Waals surface area contributed by atoms with Gasteiger partial charge < -0.3 is 24.7 Å². The number of aldehydes is 1. The number of fused-ring (bicyclic) bond motifs is 5. The molecule has 11 unspecified atom stereocenters. The smallest absolute Gasteiger partial charge is 0.485 e. The van der Waals surface area contributed by atoms with Crippen LogP contribution in [0.2, 0.25) is 0 Å². The van der Waals surface area contributed by atoms with E-state index in [9.17, 15) is 28.5 Å². The summed E-state index contributed by atoms with van der Waals surface area (Å²) in [6, 6.07) is 32.2. The molecule has 0 spiro atoms. The van der Waals surface area contributed by atoms with Gasteiger partial charge in [0, 0.05) is 0 Å². The molecular weight excluding hydrogens is 774 g/mol. The summed E-state index contributed by atoms with van der Waals surface area (Å²) in [6.07, 6.45) is 9.39. The number of aliphatic hydroxyl groups excluding tert-OH is 3. The van der Waals surface area contributed by atoms with Gasteiger partial charge in [-0.2, -0.15) is 13.2 Å². The van der Waals surface area contributed by atoms with Crippen LogP contribution in [0.25, 0.3) is 0 Å². The minimum absolute atomic E-state index is 0.0146. The summed E-state index contributed by atoms with van der Waals surface area (Å²) in [6.45, 7) is 10.9. The second kappa shape index (κ2) is 20.0. The maximum atomic E-state index is 11.5. The molecule has 0 amide bonds. The Morgan fingerprint density at radius 1 is 0.825 bits per heavy atom. The molecule has 3 aromatic rings. The van der Waals surface area contributed by atoms with Crippen LogP contribution < -0.4 is 0 Å². The third kappa shape index (κ3) is 10.7. The summed E-state index contributed by atoms with van der Waals surface area (Å²) >= 11 is 0. The summed E-state index contributed by atoms with van der Waals surface area (Å²) in [4.78, 5) is 12.9. The number of carbonyl (C=O) groups is 1. The normalized spacial score (nSPS) is 32.3. The fourth-order valence-electron chi connectivity index (χ4n) is 10.9. The number of alkyl halides is 3. The van der Waals surface area contributed by atoms with Crippen molar-refractivity contribution in [2.45, 2.75) is 131 Å². The third-order valence-electron chi connectivity index (χ3n) is 13.5. The summed E-state index contributed by atoms with van der Waals surface area (Å²) in [5, 5.41) is 32.9. The topological polar surface area (TPSA) is 135 Å². The van der Waals surface area contributed by atoms with Crippen LogP contribution in [0, 0.1) is 46.3 Å². The van der Waals surface area contributed by atoms with E-state index in [0.29, 0.717) is 35.5 Å². The van der Waals surface area contributed by atoms with Crippen LogP contribution in [-0.2, 0) is 25.8 Å². The molecule has 4 aliphatic carbocycles. The van der Waals surface area contributed by atoms with E-state index in [2.05, 4.69) is 119 Å². The molecule has 0 bridgehead atoms. The van der Waals surface area contributed by atoms with Gasteiger partial charge in [-0.15, -0.1) is 0 Å². The number of halogens is 3. The predicted octanol–water partition coefficient (Wildman–Crippen LogP) is 9.42. The first-order chi connectivity index (χ1) is 26.8. The zero-order valence-corrected chi connectivity index (χ0v) is 35.4. The van der Waals surface area contributed by atoms with Crippen molar-refractivity contribution < 1.29 is 46.3 Å². The number of benzene rings is 3. The molecule has 7 nitrogen and oxygen atoms in total. The van der Waals surface area contributed by atoms with E-state index in [4.69, 9.17) is 17.8 Å². The number of aliphatic hydroxyl groups is 3. The summed E-state index contributed by atoms with van der Waals surface area (Å²) < 4.78 is 58.9. The lowest BCUT2D eigenvalue weighted by Crippen LogP contribution is -2.62. The summed E-state index contributed by atoms with van der Waals surface area (Å²) in [5.41, 5.74) is -5.50. The zero-order chi connectivity index (χ0) is 42.2. The minimum atomic E-state index is -6.09. The Kier molecular flexibility index (Phi) is 16.5. The second-order valence-corrected chi connectivity index (χ2v) is 20.1. The largest absolute Gasteiger partial charge is 0.741 e. The Morgan fingerprint density at radius 2 is 1.28 bits per heavy atom. The molecule has 0 radical (unpaired) electrons. The van der Waals surface area contributed by atoms with Gasteiger partial charge in [0.05, 0.1) is 29.2 Å². The van der Waals surface area contributed by atoms with Crippen molar-refractivity contribution in [1.82, 2.24) is 0 Å². The number of rotatable bonds is 6. The Hall–Kier alpha value is -2.74. The molecule has 316 valence electrons. The molecule has 0 aliphatic heterocycles. The van der Waals surface area contributed by atoms with E-state index in [0.717, 1.165) is 38.4 Å². The number of carbonyl (C=O) groups excluding carboxylic acids is 1. The first kappa shape index (κ1) is 46.9. The number of hydrogen-bond acceptors (Lipinski definition) is 7. The molecular formula is C45H61F3O7S2. The van der Waals surface area contributed by atoms with E-state index in [1.165, 1.54) is 47.3 Å². The zero-order valence-electron chi connectivity index (χ0n) is 33.7. The Balaban J connectivity index is 0.000000208. The summed E-state index contributed by atoms with van der Waals surface area (Å²) in [7, 11) is -6.10. The van der Waals surface area contributed by atoms with Crippen LogP contribution in [0.3, 0.4) is 0 Å². The maximum absolute atomic E-state index is 11.5. The number of hydrogen-bond donors (Lipinski definition) is 3. The molecule has 0 heterocycles. The lowest BCUT2D eigenvalue weighted by molar-refractivity contribution is -0.207. The van der Waals surface area contributed by atoms with Gasteiger partial charge in [0.2, 0.25) is 0 Å². The molecule has 0 saturated heterocycles. The Morgan fingerprint density at radius 3 is 1.70 bits per heavy atom. The summed E-state index contributed by atoms with van der Waals surface area (Å²) in [5.74, 6) is 2.86. The van der Waals surface area contributed by atoms with Crippen LogP contribution in [0.4, 0.5) is 13.2 Å². The molecule has 3 aromatic carbocycles. The predicted molar refractivity (Wildman–Crippen MR) is 217 cm³/mol. The van der Waals surface area contributed by atoms with Gasteiger partial charge >= 0.3 is 5.51 Å². The van der Waals surface area contributed by atoms with Crippen molar-refractivity contribution >= 4 is 27.3 Å². The van der Waals surface area contributed by atoms with Crippen molar-refractivity contribution in [2.75, 3.05) is 0 Å². The van der Waals surface area contributed by atoms with Gasteiger partial charge in [-0.1, -0.05) is 95.1 Å². The lowest BCUT2D eigenvalue weighted by Gasteiger charge is -2.63. The molecule has 4 fully saturated rings. The highest BCUT2D eigenvalue weighted by Gasteiger charge is 2.65. The first-order valence-corrected chi connectivity index (χ1v) is 22.8.